The molecule has 0 N–H and O–H groups in total. The van der Waals surface area contributed by atoms with Gasteiger partial charge < -0.3 is 4.74 Å². The lowest BCUT2D eigenvalue weighted by molar-refractivity contribution is -0.385. The standard InChI is InChI=1S/C10H11NO4/c1-3-15-10(12)8-6-7(2)4-5-9(8)11(13)14/h4-6H,3H2,1-2H3. The number of benzene rings is 1. The topological polar surface area (TPSA) is 69.4 Å². The molecule has 1 rings (SSSR count). The lowest BCUT2D eigenvalue weighted by Gasteiger charge is -2.03. The van der Waals surface area contributed by atoms with Gasteiger partial charge in [0.15, 0.2) is 0 Å². The summed E-state index contributed by atoms with van der Waals surface area (Å²) in [6.07, 6.45) is 0. The van der Waals surface area contributed by atoms with Crippen LogP contribution in [-0.4, -0.2) is 17.5 Å². The summed E-state index contributed by atoms with van der Waals surface area (Å²) in [5.41, 5.74) is 0.560. The number of carbonyl (C=O) groups is 1. The fraction of sp³-hybridized carbons (Fsp3) is 0.300. The highest BCUT2D eigenvalue weighted by molar-refractivity contribution is 5.94. The first-order valence-corrected chi connectivity index (χ1v) is 4.48. The van der Waals surface area contributed by atoms with E-state index >= 15 is 0 Å². The first kappa shape index (κ1) is 11.2. The highest BCUT2D eigenvalue weighted by Crippen LogP contribution is 2.20. The number of hydrogen-bond acceptors (Lipinski definition) is 4. The van der Waals surface area contributed by atoms with E-state index in [4.69, 9.17) is 4.74 Å². The molecule has 0 saturated carbocycles. The number of rotatable bonds is 3. The minimum atomic E-state index is -0.659. The second-order valence-corrected chi connectivity index (χ2v) is 3.00. The van der Waals surface area contributed by atoms with Crippen molar-refractivity contribution in [3.05, 3.63) is 39.4 Å². The Balaban J connectivity index is 3.18. The molecule has 0 fully saturated rings. The molecule has 0 radical (unpaired) electrons. The zero-order chi connectivity index (χ0) is 11.4. The Morgan fingerprint density at radius 1 is 1.53 bits per heavy atom. The Kier molecular flexibility index (Phi) is 3.38. The molecule has 0 unspecified atom stereocenters. The van der Waals surface area contributed by atoms with Crippen LogP contribution in [0.1, 0.15) is 22.8 Å². The molecule has 0 aliphatic carbocycles. The molecule has 0 spiro atoms. The monoisotopic (exact) mass is 209 g/mol. The maximum absolute atomic E-state index is 11.4. The van der Waals surface area contributed by atoms with Crippen LogP contribution >= 0.6 is 0 Å². The van der Waals surface area contributed by atoms with E-state index in [1.807, 2.05) is 0 Å². The second-order valence-electron chi connectivity index (χ2n) is 3.00. The van der Waals surface area contributed by atoms with Gasteiger partial charge in [0.05, 0.1) is 11.5 Å². The molecular formula is C10H11NO4. The van der Waals surface area contributed by atoms with Crippen LogP contribution in [0, 0.1) is 17.0 Å². The van der Waals surface area contributed by atoms with Crippen molar-refractivity contribution in [2.45, 2.75) is 13.8 Å². The zero-order valence-corrected chi connectivity index (χ0v) is 8.52. The van der Waals surface area contributed by atoms with Crippen LogP contribution < -0.4 is 0 Å². The lowest BCUT2D eigenvalue weighted by atomic mass is 10.1. The van der Waals surface area contributed by atoms with Crippen molar-refractivity contribution < 1.29 is 14.5 Å². The molecule has 0 bridgehead atoms. The summed E-state index contributed by atoms with van der Waals surface area (Å²) >= 11 is 0. The number of nitrogens with zero attached hydrogens (tertiary/aromatic N) is 1. The Bertz CT molecular complexity index is 400. The van der Waals surface area contributed by atoms with Gasteiger partial charge in [-0.2, -0.15) is 0 Å². The highest BCUT2D eigenvalue weighted by Gasteiger charge is 2.20. The first-order chi connectivity index (χ1) is 7.06. The fourth-order valence-electron chi connectivity index (χ4n) is 1.18. The largest absolute Gasteiger partial charge is 0.462 e. The maximum atomic E-state index is 11.4. The average molecular weight is 209 g/mol. The van der Waals surface area contributed by atoms with Gasteiger partial charge in [-0.15, -0.1) is 0 Å². The van der Waals surface area contributed by atoms with E-state index in [9.17, 15) is 14.9 Å². The van der Waals surface area contributed by atoms with E-state index in [1.165, 1.54) is 12.1 Å². The summed E-state index contributed by atoms with van der Waals surface area (Å²) in [6.45, 7) is 3.61. The molecule has 0 atom stereocenters. The third-order valence-electron chi connectivity index (χ3n) is 1.84. The summed E-state index contributed by atoms with van der Waals surface area (Å²) in [5, 5.41) is 10.6. The molecule has 5 heteroatoms. The summed E-state index contributed by atoms with van der Waals surface area (Å²) in [5.74, 6) is -0.659. The quantitative estimate of drug-likeness (QED) is 0.434. The summed E-state index contributed by atoms with van der Waals surface area (Å²) in [4.78, 5) is 21.4. The van der Waals surface area contributed by atoms with Gasteiger partial charge in [-0.1, -0.05) is 6.07 Å². The van der Waals surface area contributed by atoms with E-state index in [0.717, 1.165) is 5.56 Å². The van der Waals surface area contributed by atoms with Gasteiger partial charge in [0.1, 0.15) is 5.56 Å². The van der Waals surface area contributed by atoms with Crippen molar-refractivity contribution in [1.29, 1.82) is 0 Å². The van der Waals surface area contributed by atoms with Crippen molar-refractivity contribution in [3.8, 4) is 0 Å². The predicted octanol–water partition coefficient (Wildman–Crippen LogP) is 2.08. The highest BCUT2D eigenvalue weighted by atomic mass is 16.6. The average Bonchev–Trinajstić information content (AvgIpc) is 2.17. The molecule has 0 aliphatic rings. The van der Waals surface area contributed by atoms with Gasteiger partial charge in [0.25, 0.3) is 5.69 Å². The number of hydrogen-bond donors (Lipinski definition) is 0. The zero-order valence-electron chi connectivity index (χ0n) is 8.52. The van der Waals surface area contributed by atoms with E-state index in [2.05, 4.69) is 0 Å². The third kappa shape index (κ3) is 2.52. The molecule has 0 saturated heterocycles. The summed E-state index contributed by atoms with van der Waals surface area (Å²) in [7, 11) is 0. The Labute approximate surface area is 86.8 Å². The minimum absolute atomic E-state index is 0.00171. The molecule has 80 valence electrons. The Morgan fingerprint density at radius 3 is 2.73 bits per heavy atom. The molecule has 0 amide bonds. The Hall–Kier alpha value is -1.91. The van der Waals surface area contributed by atoms with Gasteiger partial charge in [0.2, 0.25) is 0 Å². The molecule has 0 heterocycles. The maximum Gasteiger partial charge on any atom is 0.345 e. The Morgan fingerprint density at radius 2 is 2.20 bits per heavy atom. The van der Waals surface area contributed by atoms with Gasteiger partial charge in [-0.05, 0) is 25.5 Å². The second kappa shape index (κ2) is 4.54. The minimum Gasteiger partial charge on any atom is -0.462 e. The molecule has 0 aromatic heterocycles. The van der Waals surface area contributed by atoms with Gasteiger partial charge in [-0.3, -0.25) is 10.1 Å². The number of nitro benzene ring substituents is 1. The van der Waals surface area contributed by atoms with Crippen LogP contribution in [0.2, 0.25) is 0 Å². The number of carbonyl (C=O) groups excluding carboxylic acids is 1. The molecule has 1 aromatic rings. The van der Waals surface area contributed by atoms with Crippen LogP contribution in [0.3, 0.4) is 0 Å². The third-order valence-corrected chi connectivity index (χ3v) is 1.84. The van der Waals surface area contributed by atoms with E-state index in [1.54, 1.807) is 19.9 Å². The van der Waals surface area contributed by atoms with Gasteiger partial charge in [-0.25, -0.2) is 4.79 Å². The molecule has 0 aliphatic heterocycles. The van der Waals surface area contributed by atoms with Gasteiger partial charge in [0, 0.05) is 6.07 Å². The van der Waals surface area contributed by atoms with E-state index in [-0.39, 0.29) is 17.9 Å². The molecule has 5 nitrogen and oxygen atoms in total. The van der Waals surface area contributed by atoms with Crippen LogP contribution in [0.5, 0.6) is 0 Å². The smallest absolute Gasteiger partial charge is 0.345 e. The van der Waals surface area contributed by atoms with Crippen LogP contribution in [0.4, 0.5) is 5.69 Å². The number of nitro groups is 1. The molecule has 15 heavy (non-hydrogen) atoms. The van der Waals surface area contributed by atoms with Crippen LogP contribution in [-0.2, 0) is 4.74 Å². The lowest BCUT2D eigenvalue weighted by Crippen LogP contribution is -2.08. The van der Waals surface area contributed by atoms with E-state index < -0.39 is 10.9 Å². The number of aryl methyl sites for hydroxylation is 1. The predicted molar refractivity (Wildman–Crippen MR) is 53.8 cm³/mol. The van der Waals surface area contributed by atoms with Crippen molar-refractivity contribution in [2.24, 2.45) is 0 Å². The van der Waals surface area contributed by atoms with E-state index in [0.29, 0.717) is 0 Å². The van der Waals surface area contributed by atoms with Crippen LogP contribution in [0.15, 0.2) is 18.2 Å². The normalized spacial score (nSPS) is 9.73. The number of ether oxygens (including phenoxy) is 1. The van der Waals surface area contributed by atoms with Crippen molar-refractivity contribution in [3.63, 3.8) is 0 Å². The van der Waals surface area contributed by atoms with Crippen LogP contribution in [0.25, 0.3) is 0 Å². The SMILES string of the molecule is CCOC(=O)c1cc(C)ccc1[N+](=O)[O-]. The van der Waals surface area contributed by atoms with Gasteiger partial charge >= 0.3 is 5.97 Å². The first-order valence-electron chi connectivity index (χ1n) is 4.48. The summed E-state index contributed by atoms with van der Waals surface area (Å²) < 4.78 is 4.73. The fourth-order valence-corrected chi connectivity index (χ4v) is 1.18. The molecule has 1 aromatic carbocycles. The summed E-state index contributed by atoms with van der Waals surface area (Å²) in [6, 6.07) is 4.35. The molecular weight excluding hydrogens is 198 g/mol. The van der Waals surface area contributed by atoms with Crippen molar-refractivity contribution >= 4 is 11.7 Å². The number of esters is 1. The van der Waals surface area contributed by atoms with Crippen molar-refractivity contribution in [1.82, 2.24) is 0 Å². The van der Waals surface area contributed by atoms with Crippen molar-refractivity contribution in [2.75, 3.05) is 6.61 Å².